The number of amides is 1. The minimum absolute atomic E-state index is 0.0871. The Morgan fingerprint density at radius 2 is 2.04 bits per heavy atom. The molecule has 0 radical (unpaired) electrons. The van der Waals surface area contributed by atoms with Crippen LogP contribution in [0.2, 0.25) is 0 Å². The normalized spacial score (nSPS) is 20.8. The topological polar surface area (TPSA) is 66.0 Å². The van der Waals surface area contributed by atoms with Crippen molar-refractivity contribution in [1.82, 2.24) is 15.8 Å². The Morgan fingerprint density at radius 1 is 1.21 bits per heavy atom. The summed E-state index contributed by atoms with van der Waals surface area (Å²) in [5.41, 5.74) is 6.09. The number of nitrogens with zero attached hydrogens (tertiary/aromatic N) is 1. The number of hydrazine groups is 1. The Bertz CT molecular complexity index is 721. The fourth-order valence-electron chi connectivity index (χ4n) is 2.53. The van der Waals surface area contributed by atoms with Gasteiger partial charge in [-0.1, -0.05) is 12.1 Å². The van der Waals surface area contributed by atoms with Gasteiger partial charge in [-0.05, 0) is 36.2 Å². The van der Waals surface area contributed by atoms with E-state index in [1.807, 2.05) is 6.07 Å². The molecule has 2 atom stereocenters. The van der Waals surface area contributed by atoms with E-state index in [0.29, 0.717) is 6.42 Å². The minimum atomic E-state index is -4.45. The summed E-state index contributed by atoms with van der Waals surface area (Å²) < 4.78 is 38.1. The van der Waals surface area contributed by atoms with E-state index in [2.05, 4.69) is 21.2 Å². The molecule has 8 heteroatoms. The molecule has 3 N–H and O–H groups in total. The molecule has 0 aliphatic carbocycles. The zero-order valence-corrected chi connectivity index (χ0v) is 12.5. The van der Waals surface area contributed by atoms with E-state index in [0.717, 1.165) is 17.7 Å². The molecule has 2 aromatic rings. The highest BCUT2D eigenvalue weighted by molar-refractivity contribution is 5.95. The fraction of sp³-hybridized carbons (Fsp3) is 0.250. The van der Waals surface area contributed by atoms with Crippen molar-refractivity contribution in [2.24, 2.45) is 0 Å². The van der Waals surface area contributed by atoms with Gasteiger partial charge in [0.1, 0.15) is 6.04 Å². The Labute approximate surface area is 136 Å². The lowest BCUT2D eigenvalue weighted by atomic mass is 10.0. The molecule has 3 rings (SSSR count). The molecule has 0 bridgehead atoms. The van der Waals surface area contributed by atoms with E-state index in [-0.39, 0.29) is 11.7 Å². The number of pyridine rings is 1. The van der Waals surface area contributed by atoms with Crippen molar-refractivity contribution in [1.29, 1.82) is 0 Å². The van der Waals surface area contributed by atoms with Crippen LogP contribution in [0.25, 0.3) is 0 Å². The molecule has 2 unspecified atom stereocenters. The van der Waals surface area contributed by atoms with Gasteiger partial charge in [-0.15, -0.1) is 0 Å². The fourth-order valence-corrected chi connectivity index (χ4v) is 2.53. The highest BCUT2D eigenvalue weighted by Gasteiger charge is 2.32. The predicted molar refractivity (Wildman–Crippen MR) is 81.7 cm³/mol. The van der Waals surface area contributed by atoms with Crippen LogP contribution in [0.1, 0.15) is 23.6 Å². The summed E-state index contributed by atoms with van der Waals surface area (Å²) in [7, 11) is 0. The highest BCUT2D eigenvalue weighted by atomic mass is 19.4. The predicted octanol–water partition coefficient (Wildman–Crippen LogP) is 2.65. The van der Waals surface area contributed by atoms with Crippen molar-refractivity contribution in [2.45, 2.75) is 24.7 Å². The van der Waals surface area contributed by atoms with Gasteiger partial charge in [0, 0.05) is 24.1 Å². The largest absolute Gasteiger partial charge is 0.416 e. The number of rotatable bonds is 3. The number of hydrogen-bond acceptors (Lipinski definition) is 4. The first kappa shape index (κ1) is 16.4. The molecule has 0 spiro atoms. The van der Waals surface area contributed by atoms with Gasteiger partial charge >= 0.3 is 6.18 Å². The molecule has 1 aromatic carbocycles. The van der Waals surface area contributed by atoms with Crippen molar-refractivity contribution in [3.8, 4) is 0 Å². The third-order valence-corrected chi connectivity index (χ3v) is 3.76. The maximum atomic E-state index is 12.7. The summed E-state index contributed by atoms with van der Waals surface area (Å²) in [6, 6.07) is 7.61. The lowest BCUT2D eigenvalue weighted by Gasteiger charge is -2.12. The molecule has 0 saturated carbocycles. The third kappa shape index (κ3) is 3.72. The van der Waals surface area contributed by atoms with Crippen molar-refractivity contribution < 1.29 is 18.0 Å². The zero-order valence-electron chi connectivity index (χ0n) is 12.5. The van der Waals surface area contributed by atoms with E-state index in [1.165, 1.54) is 12.1 Å². The molecular formula is C16H15F3N4O. The standard InChI is InChI=1S/C16H15F3N4O/c17-16(18,19)11-4-1-5-12(7-11)21-15(24)14-8-13(22-23-14)10-3-2-6-20-9-10/h1-7,9,13-14,22-23H,8H2,(H,21,24). The second kappa shape index (κ2) is 6.58. The molecule has 1 saturated heterocycles. The van der Waals surface area contributed by atoms with Crippen LogP contribution in [0.3, 0.4) is 0 Å². The second-order valence-electron chi connectivity index (χ2n) is 5.48. The van der Waals surface area contributed by atoms with E-state index >= 15 is 0 Å². The summed E-state index contributed by atoms with van der Waals surface area (Å²) in [5, 5.41) is 2.51. The van der Waals surface area contributed by atoms with Crippen molar-refractivity contribution in [2.75, 3.05) is 5.32 Å². The molecule has 1 aliphatic rings. The van der Waals surface area contributed by atoms with Crippen LogP contribution < -0.4 is 16.2 Å². The van der Waals surface area contributed by atoms with Gasteiger partial charge in [0.2, 0.25) is 5.91 Å². The Morgan fingerprint density at radius 3 is 2.75 bits per heavy atom. The molecule has 1 aromatic heterocycles. The average Bonchev–Trinajstić information content (AvgIpc) is 3.05. The van der Waals surface area contributed by atoms with E-state index in [9.17, 15) is 18.0 Å². The second-order valence-corrected chi connectivity index (χ2v) is 5.48. The summed E-state index contributed by atoms with van der Waals surface area (Å²) in [5.74, 6) is -0.395. The molecule has 1 aliphatic heterocycles. The number of aromatic nitrogens is 1. The Balaban J connectivity index is 1.64. The number of benzene rings is 1. The van der Waals surface area contributed by atoms with Crippen molar-refractivity contribution in [3.05, 3.63) is 59.9 Å². The molecule has 126 valence electrons. The first-order valence-corrected chi connectivity index (χ1v) is 7.32. The van der Waals surface area contributed by atoms with Gasteiger partial charge in [-0.25, -0.2) is 10.9 Å². The van der Waals surface area contributed by atoms with Crippen LogP contribution in [0, 0.1) is 0 Å². The number of carbonyl (C=O) groups is 1. The number of carbonyl (C=O) groups excluding carboxylic acids is 1. The number of alkyl halides is 3. The summed E-state index contributed by atoms with van der Waals surface area (Å²) in [4.78, 5) is 16.3. The van der Waals surface area contributed by atoms with Gasteiger partial charge in [-0.3, -0.25) is 9.78 Å². The molecule has 5 nitrogen and oxygen atoms in total. The van der Waals surface area contributed by atoms with Crippen LogP contribution in [0.5, 0.6) is 0 Å². The molecule has 1 fully saturated rings. The summed E-state index contributed by atoms with van der Waals surface area (Å²) >= 11 is 0. The van der Waals surface area contributed by atoms with E-state index in [1.54, 1.807) is 18.5 Å². The van der Waals surface area contributed by atoms with Gasteiger partial charge in [-0.2, -0.15) is 13.2 Å². The van der Waals surface area contributed by atoms with Crippen molar-refractivity contribution in [3.63, 3.8) is 0 Å². The third-order valence-electron chi connectivity index (χ3n) is 3.76. The smallest absolute Gasteiger partial charge is 0.325 e. The molecular weight excluding hydrogens is 321 g/mol. The van der Waals surface area contributed by atoms with Crippen LogP contribution >= 0.6 is 0 Å². The zero-order chi connectivity index (χ0) is 17.2. The van der Waals surface area contributed by atoms with Gasteiger partial charge in [0.15, 0.2) is 0 Å². The van der Waals surface area contributed by atoms with E-state index < -0.39 is 23.7 Å². The van der Waals surface area contributed by atoms with Crippen LogP contribution in [-0.4, -0.2) is 16.9 Å². The summed E-state index contributed by atoms with van der Waals surface area (Å²) in [6.45, 7) is 0. The first-order valence-electron chi connectivity index (χ1n) is 7.32. The lowest BCUT2D eigenvalue weighted by Crippen LogP contribution is -2.39. The highest BCUT2D eigenvalue weighted by Crippen LogP contribution is 2.31. The summed E-state index contributed by atoms with van der Waals surface area (Å²) in [6.07, 6.45) is -0.619. The first-order chi connectivity index (χ1) is 11.4. The lowest BCUT2D eigenvalue weighted by molar-refractivity contribution is -0.137. The SMILES string of the molecule is O=C(Nc1cccc(C(F)(F)F)c1)C1CC(c2cccnc2)NN1. The maximum absolute atomic E-state index is 12.7. The van der Waals surface area contributed by atoms with E-state index in [4.69, 9.17) is 0 Å². The Kier molecular flexibility index (Phi) is 4.50. The van der Waals surface area contributed by atoms with Crippen molar-refractivity contribution >= 4 is 11.6 Å². The monoisotopic (exact) mass is 336 g/mol. The maximum Gasteiger partial charge on any atom is 0.416 e. The van der Waals surface area contributed by atoms with Gasteiger partial charge in [0.05, 0.1) is 5.56 Å². The number of hydrogen-bond donors (Lipinski definition) is 3. The van der Waals surface area contributed by atoms with Gasteiger partial charge < -0.3 is 5.32 Å². The quantitative estimate of drug-likeness (QED) is 0.806. The molecule has 1 amide bonds. The molecule has 2 heterocycles. The van der Waals surface area contributed by atoms with Crippen LogP contribution in [-0.2, 0) is 11.0 Å². The number of anilines is 1. The van der Waals surface area contributed by atoms with Crippen LogP contribution in [0.15, 0.2) is 48.8 Å². The Hall–Kier alpha value is -2.45. The average molecular weight is 336 g/mol. The van der Waals surface area contributed by atoms with Gasteiger partial charge in [0.25, 0.3) is 0 Å². The number of nitrogens with one attached hydrogen (secondary N) is 3. The molecule has 24 heavy (non-hydrogen) atoms. The minimum Gasteiger partial charge on any atom is -0.325 e. The number of halogens is 3. The van der Waals surface area contributed by atoms with Crippen LogP contribution in [0.4, 0.5) is 18.9 Å².